The lowest BCUT2D eigenvalue weighted by Gasteiger charge is -2.37. The fourth-order valence-electron chi connectivity index (χ4n) is 2.72. The molecule has 128 valence electrons. The van der Waals surface area contributed by atoms with Crippen molar-refractivity contribution in [3.63, 3.8) is 0 Å². The van der Waals surface area contributed by atoms with Gasteiger partial charge in [0.2, 0.25) is 0 Å². The van der Waals surface area contributed by atoms with Crippen LogP contribution in [0.1, 0.15) is 34.1 Å². The Labute approximate surface area is 139 Å². The van der Waals surface area contributed by atoms with Gasteiger partial charge in [-0.2, -0.15) is 0 Å². The molecule has 1 aliphatic heterocycles. The van der Waals surface area contributed by atoms with E-state index >= 15 is 0 Å². The van der Waals surface area contributed by atoms with E-state index < -0.39 is 0 Å². The zero-order chi connectivity index (χ0) is 16.8. The van der Waals surface area contributed by atoms with Crippen LogP contribution in [0, 0.1) is 0 Å². The molecule has 0 spiro atoms. The number of ether oxygens (including phenoxy) is 1. The summed E-state index contributed by atoms with van der Waals surface area (Å²) >= 11 is 0. The maximum Gasteiger partial charge on any atom is 0.321 e. The van der Waals surface area contributed by atoms with E-state index in [0.29, 0.717) is 6.04 Å². The maximum atomic E-state index is 12.3. The Balaban J connectivity index is 1.83. The summed E-state index contributed by atoms with van der Waals surface area (Å²) in [6, 6.07) is 8.10. The Morgan fingerprint density at radius 1 is 1.13 bits per heavy atom. The van der Waals surface area contributed by atoms with Crippen LogP contribution in [0.25, 0.3) is 0 Å². The van der Waals surface area contributed by atoms with Gasteiger partial charge >= 0.3 is 6.03 Å². The van der Waals surface area contributed by atoms with Gasteiger partial charge in [0.05, 0.1) is 6.10 Å². The summed E-state index contributed by atoms with van der Waals surface area (Å²) in [7, 11) is 0. The van der Waals surface area contributed by atoms with Gasteiger partial charge in [-0.1, -0.05) is 6.92 Å². The van der Waals surface area contributed by atoms with Crippen molar-refractivity contribution in [1.29, 1.82) is 0 Å². The molecular weight excluding hydrogens is 290 g/mol. The lowest BCUT2D eigenvalue weighted by Crippen LogP contribution is -2.52. The summed E-state index contributed by atoms with van der Waals surface area (Å²) in [6.45, 7) is 11.9. The zero-order valence-corrected chi connectivity index (χ0v) is 14.7. The van der Waals surface area contributed by atoms with Crippen LogP contribution in [0.15, 0.2) is 24.3 Å². The first kappa shape index (κ1) is 17.6. The second kappa shape index (κ2) is 8.20. The molecule has 0 saturated carbocycles. The number of carbonyl (C=O) groups is 1. The van der Waals surface area contributed by atoms with Crippen molar-refractivity contribution >= 4 is 11.7 Å². The molecule has 5 nitrogen and oxygen atoms in total. The van der Waals surface area contributed by atoms with Crippen molar-refractivity contribution in [3.8, 4) is 5.75 Å². The van der Waals surface area contributed by atoms with E-state index in [1.165, 1.54) is 0 Å². The highest BCUT2D eigenvalue weighted by molar-refractivity contribution is 5.89. The van der Waals surface area contributed by atoms with Gasteiger partial charge < -0.3 is 15.0 Å². The van der Waals surface area contributed by atoms with E-state index in [4.69, 9.17) is 4.74 Å². The molecule has 1 N–H and O–H groups in total. The number of hydrogen-bond donors (Lipinski definition) is 1. The number of piperazine rings is 1. The summed E-state index contributed by atoms with van der Waals surface area (Å²) in [4.78, 5) is 16.7. The van der Waals surface area contributed by atoms with Crippen molar-refractivity contribution in [2.75, 3.05) is 31.5 Å². The number of nitrogens with one attached hydrogen (secondary N) is 1. The van der Waals surface area contributed by atoms with Crippen LogP contribution in [0.4, 0.5) is 10.5 Å². The van der Waals surface area contributed by atoms with Crippen molar-refractivity contribution in [3.05, 3.63) is 24.3 Å². The third-order valence-electron chi connectivity index (χ3n) is 4.29. The van der Waals surface area contributed by atoms with Gasteiger partial charge in [-0.15, -0.1) is 0 Å². The van der Waals surface area contributed by atoms with E-state index in [2.05, 4.69) is 24.1 Å². The smallest absolute Gasteiger partial charge is 0.321 e. The molecule has 0 aromatic heterocycles. The highest BCUT2D eigenvalue weighted by Gasteiger charge is 2.23. The summed E-state index contributed by atoms with van der Waals surface area (Å²) < 4.78 is 5.61. The van der Waals surface area contributed by atoms with E-state index in [9.17, 15) is 4.79 Å². The minimum absolute atomic E-state index is 0.0219. The number of amides is 2. The Morgan fingerprint density at radius 3 is 2.26 bits per heavy atom. The molecule has 2 rings (SSSR count). The van der Waals surface area contributed by atoms with Crippen LogP contribution in [0.3, 0.4) is 0 Å². The first-order valence-electron chi connectivity index (χ1n) is 8.56. The van der Waals surface area contributed by atoms with E-state index in [0.717, 1.165) is 44.0 Å². The Kier molecular flexibility index (Phi) is 6.28. The molecule has 0 aliphatic carbocycles. The van der Waals surface area contributed by atoms with Gasteiger partial charge in [0, 0.05) is 37.9 Å². The lowest BCUT2D eigenvalue weighted by atomic mass is 10.2. The molecule has 23 heavy (non-hydrogen) atoms. The topological polar surface area (TPSA) is 44.8 Å². The Bertz CT molecular complexity index is 493. The lowest BCUT2D eigenvalue weighted by molar-refractivity contribution is 0.117. The Hall–Kier alpha value is -1.75. The quantitative estimate of drug-likeness (QED) is 0.904. The third-order valence-corrected chi connectivity index (χ3v) is 4.29. The van der Waals surface area contributed by atoms with Gasteiger partial charge in [0.1, 0.15) is 5.75 Å². The molecule has 1 aliphatic rings. The molecule has 5 heteroatoms. The summed E-state index contributed by atoms with van der Waals surface area (Å²) in [5, 5.41) is 2.96. The van der Waals surface area contributed by atoms with Crippen LogP contribution in [0.5, 0.6) is 5.75 Å². The first-order chi connectivity index (χ1) is 11.0. The average Bonchev–Trinajstić information content (AvgIpc) is 2.55. The molecule has 1 heterocycles. The number of rotatable bonds is 5. The molecule has 1 saturated heterocycles. The van der Waals surface area contributed by atoms with Gasteiger partial charge in [0.15, 0.2) is 0 Å². The summed E-state index contributed by atoms with van der Waals surface area (Å²) in [5.41, 5.74) is 0.801. The van der Waals surface area contributed by atoms with Crippen molar-refractivity contribution in [2.24, 2.45) is 0 Å². The minimum atomic E-state index is -0.0219. The molecule has 1 aromatic rings. The molecule has 0 bridgehead atoms. The van der Waals surface area contributed by atoms with Crippen LogP contribution in [0.2, 0.25) is 0 Å². The van der Waals surface area contributed by atoms with Gasteiger partial charge in [-0.3, -0.25) is 4.90 Å². The van der Waals surface area contributed by atoms with Crippen LogP contribution in [-0.4, -0.2) is 54.2 Å². The second-order valence-corrected chi connectivity index (χ2v) is 6.40. The first-order valence-corrected chi connectivity index (χ1v) is 8.56. The van der Waals surface area contributed by atoms with E-state index in [-0.39, 0.29) is 12.1 Å². The molecule has 1 aromatic carbocycles. The SMILES string of the molecule is CCC(C)N1CCN(C(=O)Nc2ccc(OC(C)C)cc2)CC1. The number of carbonyl (C=O) groups excluding carboxylic acids is 1. The normalized spacial score (nSPS) is 17.2. The number of hydrogen-bond acceptors (Lipinski definition) is 3. The zero-order valence-electron chi connectivity index (χ0n) is 14.7. The van der Waals surface area contributed by atoms with Crippen LogP contribution < -0.4 is 10.1 Å². The molecule has 2 amide bonds. The van der Waals surface area contributed by atoms with Gasteiger partial charge in [-0.05, 0) is 51.5 Å². The second-order valence-electron chi connectivity index (χ2n) is 6.40. The van der Waals surface area contributed by atoms with Crippen LogP contribution >= 0.6 is 0 Å². The van der Waals surface area contributed by atoms with Crippen molar-refractivity contribution in [1.82, 2.24) is 9.80 Å². The number of anilines is 1. The molecule has 0 radical (unpaired) electrons. The van der Waals surface area contributed by atoms with Gasteiger partial charge in [-0.25, -0.2) is 4.79 Å². The predicted molar refractivity (Wildman–Crippen MR) is 94.1 cm³/mol. The third kappa shape index (κ3) is 5.13. The largest absolute Gasteiger partial charge is 0.491 e. The average molecular weight is 319 g/mol. The highest BCUT2D eigenvalue weighted by atomic mass is 16.5. The van der Waals surface area contributed by atoms with Crippen LogP contribution in [-0.2, 0) is 0 Å². The number of urea groups is 1. The van der Waals surface area contributed by atoms with E-state index in [1.807, 2.05) is 43.0 Å². The fraction of sp³-hybridized carbons (Fsp3) is 0.611. The maximum absolute atomic E-state index is 12.3. The standard InChI is InChI=1S/C18H29N3O2/c1-5-15(4)20-10-12-21(13-11-20)18(22)19-16-6-8-17(9-7-16)23-14(2)3/h6-9,14-15H,5,10-13H2,1-4H3,(H,19,22). The van der Waals surface area contributed by atoms with Crippen molar-refractivity contribution < 1.29 is 9.53 Å². The molecule has 1 unspecified atom stereocenters. The fourth-order valence-corrected chi connectivity index (χ4v) is 2.72. The van der Waals surface area contributed by atoms with Crippen molar-refractivity contribution in [2.45, 2.75) is 46.3 Å². The highest BCUT2D eigenvalue weighted by Crippen LogP contribution is 2.18. The molecule has 1 atom stereocenters. The molecular formula is C18H29N3O2. The number of benzene rings is 1. The Morgan fingerprint density at radius 2 is 1.74 bits per heavy atom. The van der Waals surface area contributed by atoms with Gasteiger partial charge in [0.25, 0.3) is 0 Å². The summed E-state index contributed by atoms with van der Waals surface area (Å²) in [5.74, 6) is 0.820. The predicted octanol–water partition coefficient (Wildman–Crippen LogP) is 3.42. The summed E-state index contributed by atoms with van der Waals surface area (Å²) in [6.07, 6.45) is 1.30. The minimum Gasteiger partial charge on any atom is -0.491 e. The molecule has 1 fully saturated rings. The van der Waals surface area contributed by atoms with E-state index in [1.54, 1.807) is 0 Å². The monoisotopic (exact) mass is 319 g/mol. The number of nitrogens with zero attached hydrogens (tertiary/aromatic N) is 2.